The molecule has 4 aromatic carbocycles. The Morgan fingerprint density at radius 3 is 1.42 bits per heavy atom. The molecular formula is C46H52IN10O6S2-. The predicted molar refractivity (Wildman–Crippen MR) is 250 cm³/mol. The molecule has 0 fully saturated rings. The van der Waals surface area contributed by atoms with E-state index in [1.165, 1.54) is 0 Å². The number of hydrogen-bond acceptors (Lipinski definition) is 14. The average molecular weight is 1030 g/mol. The maximum atomic E-state index is 13.4. The molecule has 19 heteroatoms. The van der Waals surface area contributed by atoms with Crippen molar-refractivity contribution >= 4 is 72.8 Å². The van der Waals surface area contributed by atoms with Crippen molar-refractivity contribution in [3.8, 4) is 0 Å². The number of hydrogen-bond donors (Lipinski definition) is 4. The Kier molecular flexibility index (Phi) is 12.7. The van der Waals surface area contributed by atoms with Gasteiger partial charge >= 0.3 is 339 Å². The average Bonchev–Trinajstić information content (AvgIpc) is 3.47. The number of carbonyl (C=O) groups excluding carboxylic acids is 2. The number of benzene rings is 4. The van der Waals surface area contributed by atoms with Crippen LogP contribution in [0.25, 0.3) is 21.8 Å². The molecule has 2 aliphatic rings. The first-order valence-corrected chi connectivity index (χ1v) is 26.7. The number of halogens is 1. The summed E-state index contributed by atoms with van der Waals surface area (Å²) in [6, 6.07) is 25.7. The Morgan fingerprint density at radius 2 is 1.00 bits per heavy atom. The van der Waals surface area contributed by atoms with Gasteiger partial charge in [0.05, 0.1) is 0 Å². The van der Waals surface area contributed by atoms with E-state index in [9.17, 15) is 26.4 Å². The minimum absolute atomic E-state index is 0.0720. The second-order valence-corrected chi connectivity index (χ2v) is 24.5. The second kappa shape index (κ2) is 18.0. The number of anilines is 4. The van der Waals surface area contributed by atoms with Gasteiger partial charge in [0, 0.05) is 0 Å². The van der Waals surface area contributed by atoms with Crippen molar-refractivity contribution in [3.05, 3.63) is 107 Å². The normalized spacial score (nSPS) is 16.0. The third-order valence-corrected chi connectivity index (χ3v) is 16.4. The fraction of sp³-hybridized carbons (Fsp3) is 0.348. The van der Waals surface area contributed by atoms with Crippen LogP contribution in [-0.4, -0.2) is 93.4 Å². The molecule has 0 saturated carbocycles. The number of rotatable bonds is 12. The number of sulfone groups is 2. The fourth-order valence-corrected chi connectivity index (χ4v) is 13.0. The van der Waals surface area contributed by atoms with Gasteiger partial charge in [-0.2, -0.15) is 0 Å². The monoisotopic (exact) mass is 1030 g/mol. The van der Waals surface area contributed by atoms with E-state index in [1.54, 1.807) is 24.3 Å². The van der Waals surface area contributed by atoms with Gasteiger partial charge in [0.15, 0.2) is 0 Å². The van der Waals surface area contributed by atoms with Gasteiger partial charge in [0.2, 0.25) is 0 Å². The SMILES string of the molecule is Cc1ccc2nc(N3CCS(=O)(=O)c4ccccc4C3)nc(NCC(C)(C)NC(=O)[I-]C(=O)NC(C)(C)CNc3nc(N4CCS(=O)(=O)c5ccccc5C4)nc4ccc(C)cc34)c2c1. The molecule has 2 aromatic heterocycles. The molecule has 0 bridgehead atoms. The zero-order valence-electron chi connectivity index (χ0n) is 37.1. The van der Waals surface area contributed by atoms with Crippen LogP contribution in [-0.2, 0) is 32.8 Å². The molecule has 2 amide bonds. The molecule has 8 rings (SSSR count). The summed E-state index contributed by atoms with van der Waals surface area (Å²) in [4.78, 5) is 50.8. The number of amides is 2. The van der Waals surface area contributed by atoms with Gasteiger partial charge in [-0.15, -0.1) is 0 Å². The van der Waals surface area contributed by atoms with Gasteiger partial charge in [0.1, 0.15) is 0 Å². The molecule has 0 unspecified atom stereocenters. The van der Waals surface area contributed by atoms with E-state index in [0.717, 1.165) is 21.9 Å². The van der Waals surface area contributed by atoms with E-state index in [4.69, 9.17) is 19.9 Å². The van der Waals surface area contributed by atoms with Crippen LogP contribution >= 0.6 is 0 Å². The summed E-state index contributed by atoms with van der Waals surface area (Å²) in [5, 5.41) is 14.5. The van der Waals surface area contributed by atoms with Crippen molar-refractivity contribution in [1.29, 1.82) is 0 Å². The number of nitrogens with zero attached hydrogens (tertiary/aromatic N) is 6. The predicted octanol–water partition coefficient (Wildman–Crippen LogP) is 3.37. The molecule has 65 heavy (non-hydrogen) atoms. The third-order valence-electron chi connectivity index (χ3n) is 11.3. The van der Waals surface area contributed by atoms with Gasteiger partial charge in [0.25, 0.3) is 0 Å². The quantitative estimate of drug-likeness (QED) is 0.0788. The van der Waals surface area contributed by atoms with Crippen LogP contribution in [0.5, 0.6) is 0 Å². The molecule has 342 valence electrons. The Bertz CT molecular complexity index is 2870. The van der Waals surface area contributed by atoms with Crippen LogP contribution in [0.15, 0.2) is 94.7 Å². The van der Waals surface area contributed by atoms with Gasteiger partial charge in [-0.1, -0.05) is 24.3 Å². The number of aromatic nitrogens is 4. The summed E-state index contributed by atoms with van der Waals surface area (Å²) in [5.41, 5.74) is 3.18. The number of carbonyl (C=O) groups is 2. The molecule has 4 heterocycles. The fourth-order valence-electron chi connectivity index (χ4n) is 7.83. The molecular weight excluding hydrogens is 980 g/mol. The molecule has 0 aliphatic carbocycles. The topological polar surface area (TPSA) is 209 Å². The van der Waals surface area contributed by atoms with Crippen LogP contribution < -0.4 is 52.3 Å². The molecule has 0 atom stereocenters. The van der Waals surface area contributed by atoms with E-state index >= 15 is 0 Å². The van der Waals surface area contributed by atoms with Gasteiger partial charge in [-0.05, 0) is 12.1 Å². The molecule has 6 aromatic rings. The summed E-state index contributed by atoms with van der Waals surface area (Å²) in [6.07, 6.45) is 0. The molecule has 16 nitrogen and oxygen atoms in total. The van der Waals surface area contributed by atoms with Crippen molar-refractivity contribution in [3.63, 3.8) is 0 Å². The van der Waals surface area contributed by atoms with E-state index in [0.29, 0.717) is 68.6 Å². The number of aryl methyl sites for hydroxylation is 2. The van der Waals surface area contributed by atoms with Crippen LogP contribution in [0.2, 0.25) is 0 Å². The van der Waals surface area contributed by atoms with Crippen molar-refractivity contribution in [2.24, 2.45) is 0 Å². The van der Waals surface area contributed by atoms with Crippen molar-refractivity contribution in [1.82, 2.24) is 30.6 Å². The molecule has 0 radical (unpaired) electrons. The first kappa shape index (κ1) is 45.9. The molecule has 2 aliphatic heterocycles. The number of fused-ring (bicyclic) bond motifs is 4. The van der Waals surface area contributed by atoms with Gasteiger partial charge < -0.3 is 0 Å². The third kappa shape index (κ3) is 10.6. The van der Waals surface area contributed by atoms with Crippen molar-refractivity contribution in [2.45, 2.75) is 75.5 Å². The Labute approximate surface area is 389 Å². The van der Waals surface area contributed by atoms with Crippen molar-refractivity contribution < 1.29 is 47.6 Å². The van der Waals surface area contributed by atoms with Crippen LogP contribution in [0, 0.1) is 13.8 Å². The standard InChI is InChI=1S/C46H52IN10O6S2/c1-29-15-17-35-33(23-29)39(52-43(50-35)56-19-21-64(60,61)37-13-9-7-11-31(37)25-56)48-27-45(3,4)54-41(58)47-42(59)55-46(5,6)28-49-40-34-24-30(2)16-18-36(34)51-44(53-40)57-20-22-65(62,63)38-14-10-8-12-32(38)26-57/h7-18,23-24H,19-22,25-28H2,1-6H3,(H,54,58)(H,55,59)(H,48,50,52)(H,49,51,53)/q-1. The Hall–Kier alpha value is -5.67. The second-order valence-electron chi connectivity index (χ2n) is 17.8. The first-order valence-electron chi connectivity index (χ1n) is 21.2. The first-order chi connectivity index (χ1) is 30.7. The Balaban J connectivity index is 0.913. The summed E-state index contributed by atoms with van der Waals surface area (Å²) in [7, 11) is -6.96. The minimum atomic E-state index is -3.48. The van der Waals surface area contributed by atoms with Crippen LogP contribution in [0.3, 0.4) is 0 Å². The van der Waals surface area contributed by atoms with Gasteiger partial charge in [-0.25, -0.2) is 16.8 Å². The molecule has 0 spiro atoms. The van der Waals surface area contributed by atoms with E-state index < -0.39 is 52.0 Å². The van der Waals surface area contributed by atoms with E-state index in [1.807, 2.05) is 112 Å². The number of nitrogens with one attached hydrogen (secondary N) is 4. The summed E-state index contributed by atoms with van der Waals surface area (Å²) in [6.45, 7) is 13.1. The molecule has 0 saturated heterocycles. The van der Waals surface area contributed by atoms with E-state index in [-0.39, 0.29) is 45.5 Å². The van der Waals surface area contributed by atoms with E-state index in [2.05, 4.69) is 21.3 Å². The summed E-state index contributed by atoms with van der Waals surface area (Å²) in [5.74, 6) is 1.72. The zero-order valence-corrected chi connectivity index (χ0v) is 40.9. The van der Waals surface area contributed by atoms with Crippen LogP contribution in [0.1, 0.15) is 49.9 Å². The van der Waals surface area contributed by atoms with Gasteiger partial charge in [-0.3, -0.25) is 0 Å². The molecule has 4 N–H and O–H groups in total. The zero-order chi connectivity index (χ0) is 46.3. The maximum absolute atomic E-state index is 13.4. The van der Waals surface area contributed by atoms with Crippen molar-refractivity contribution in [2.75, 3.05) is 58.1 Å². The Morgan fingerprint density at radius 1 is 0.600 bits per heavy atom. The summed E-state index contributed by atoms with van der Waals surface area (Å²) >= 11 is -1.64. The summed E-state index contributed by atoms with van der Waals surface area (Å²) < 4.78 is 51.7. The van der Waals surface area contributed by atoms with Crippen LogP contribution in [0.4, 0.5) is 33.1 Å².